The van der Waals surface area contributed by atoms with Crippen LogP contribution in [0, 0.1) is 16.0 Å². The van der Waals surface area contributed by atoms with Crippen molar-refractivity contribution in [1.82, 2.24) is 10.6 Å². The molecule has 0 aliphatic carbocycles. The van der Waals surface area contributed by atoms with Crippen molar-refractivity contribution in [3.05, 3.63) is 69.8 Å². The number of hydrogen-bond donors (Lipinski definition) is 2. The van der Waals surface area contributed by atoms with Crippen molar-refractivity contribution in [1.29, 1.82) is 0 Å². The molecule has 3 rings (SSSR count). The Hall–Kier alpha value is -3.95. The molecule has 1 aliphatic rings. The van der Waals surface area contributed by atoms with Crippen LogP contribution in [0.2, 0.25) is 0 Å². The number of urea groups is 1. The molecule has 0 bridgehead atoms. The summed E-state index contributed by atoms with van der Waals surface area (Å²) < 4.78 is 5.02. The Kier molecular flexibility index (Phi) is 7.96. The molecule has 2 aromatic rings. The molecule has 33 heavy (non-hydrogen) atoms. The van der Waals surface area contributed by atoms with Gasteiger partial charge >= 0.3 is 12.0 Å². The Balaban J connectivity index is 1.69. The van der Waals surface area contributed by atoms with Gasteiger partial charge in [0.15, 0.2) is 6.61 Å². The number of piperidine rings is 1. The van der Waals surface area contributed by atoms with Gasteiger partial charge in [-0.05, 0) is 36.8 Å². The summed E-state index contributed by atoms with van der Waals surface area (Å²) in [5.41, 5.74) is 1.57. The minimum Gasteiger partial charge on any atom is -0.452 e. The molecule has 0 spiro atoms. The Morgan fingerprint density at radius 3 is 2.45 bits per heavy atom. The molecule has 0 unspecified atom stereocenters. The third-order valence-electron chi connectivity index (χ3n) is 5.55. The number of ether oxygens (including phenoxy) is 1. The van der Waals surface area contributed by atoms with Gasteiger partial charge in [0.25, 0.3) is 11.6 Å². The highest BCUT2D eigenvalue weighted by Crippen LogP contribution is 2.31. The lowest BCUT2D eigenvalue weighted by molar-refractivity contribution is -0.384. The predicted octanol–water partition coefficient (Wildman–Crippen LogP) is 2.67. The van der Waals surface area contributed by atoms with E-state index in [0.29, 0.717) is 24.7 Å². The van der Waals surface area contributed by atoms with E-state index in [-0.39, 0.29) is 11.3 Å². The van der Waals surface area contributed by atoms with Crippen LogP contribution in [-0.2, 0) is 16.0 Å². The summed E-state index contributed by atoms with van der Waals surface area (Å²) in [5, 5.41) is 15.4. The first-order valence-corrected chi connectivity index (χ1v) is 10.6. The van der Waals surface area contributed by atoms with Gasteiger partial charge in [-0.2, -0.15) is 0 Å². The maximum Gasteiger partial charge on any atom is 0.341 e. The minimum atomic E-state index is -0.868. The molecule has 2 aromatic carbocycles. The number of nitro groups is 1. The van der Waals surface area contributed by atoms with Crippen LogP contribution in [0.15, 0.2) is 48.5 Å². The zero-order valence-electron chi connectivity index (χ0n) is 18.3. The highest BCUT2D eigenvalue weighted by atomic mass is 16.6. The summed E-state index contributed by atoms with van der Waals surface area (Å²) in [5.74, 6) is -1.17. The first-order chi connectivity index (χ1) is 15.9. The van der Waals surface area contributed by atoms with Crippen LogP contribution in [0.4, 0.5) is 16.2 Å². The van der Waals surface area contributed by atoms with Crippen molar-refractivity contribution in [2.24, 2.45) is 5.92 Å². The Labute approximate surface area is 191 Å². The number of esters is 1. The number of nitrogens with zero attached hydrogens (tertiary/aromatic N) is 2. The molecule has 1 saturated heterocycles. The summed E-state index contributed by atoms with van der Waals surface area (Å²) in [6.07, 6.45) is 2.80. The van der Waals surface area contributed by atoms with Crippen molar-refractivity contribution in [2.45, 2.75) is 19.3 Å². The fourth-order valence-electron chi connectivity index (χ4n) is 3.84. The summed E-state index contributed by atoms with van der Waals surface area (Å²) in [4.78, 5) is 48.3. The number of carbonyl (C=O) groups excluding carboxylic acids is 3. The van der Waals surface area contributed by atoms with Crippen molar-refractivity contribution in [2.75, 3.05) is 31.6 Å². The van der Waals surface area contributed by atoms with Gasteiger partial charge in [0, 0.05) is 32.3 Å². The number of amides is 3. The van der Waals surface area contributed by atoms with Crippen LogP contribution in [-0.4, -0.2) is 49.6 Å². The van der Waals surface area contributed by atoms with Gasteiger partial charge in [0.1, 0.15) is 0 Å². The van der Waals surface area contributed by atoms with Crippen molar-refractivity contribution >= 4 is 29.3 Å². The highest BCUT2D eigenvalue weighted by molar-refractivity contribution is 5.99. The van der Waals surface area contributed by atoms with Gasteiger partial charge in [0.05, 0.1) is 16.2 Å². The zero-order chi connectivity index (χ0) is 23.8. The van der Waals surface area contributed by atoms with E-state index in [4.69, 9.17) is 4.74 Å². The number of hydrogen-bond acceptors (Lipinski definition) is 7. The largest absolute Gasteiger partial charge is 0.452 e. The van der Waals surface area contributed by atoms with E-state index in [9.17, 15) is 24.5 Å². The molecule has 2 N–H and O–H groups in total. The monoisotopic (exact) mass is 454 g/mol. The molecule has 174 valence electrons. The lowest BCUT2D eigenvalue weighted by Gasteiger charge is -2.34. The van der Waals surface area contributed by atoms with Crippen molar-refractivity contribution in [3.8, 4) is 0 Å². The maximum absolute atomic E-state index is 12.7. The van der Waals surface area contributed by atoms with Gasteiger partial charge in [-0.25, -0.2) is 9.59 Å². The van der Waals surface area contributed by atoms with E-state index in [0.717, 1.165) is 25.3 Å². The van der Waals surface area contributed by atoms with Gasteiger partial charge in [-0.15, -0.1) is 0 Å². The van der Waals surface area contributed by atoms with Gasteiger partial charge < -0.3 is 15.0 Å². The fourth-order valence-corrected chi connectivity index (χ4v) is 3.84. The molecule has 1 heterocycles. The summed E-state index contributed by atoms with van der Waals surface area (Å²) >= 11 is 0. The predicted molar refractivity (Wildman–Crippen MR) is 121 cm³/mol. The smallest absolute Gasteiger partial charge is 0.341 e. The number of anilines is 1. The van der Waals surface area contributed by atoms with Crippen LogP contribution >= 0.6 is 0 Å². The van der Waals surface area contributed by atoms with Crippen LogP contribution in [0.5, 0.6) is 0 Å². The van der Waals surface area contributed by atoms with E-state index in [2.05, 4.69) is 17.4 Å². The molecule has 0 aromatic heterocycles. The van der Waals surface area contributed by atoms with Crippen LogP contribution in [0.3, 0.4) is 0 Å². The third kappa shape index (κ3) is 6.52. The topological polar surface area (TPSA) is 131 Å². The number of benzene rings is 2. The molecule has 0 saturated carbocycles. The van der Waals surface area contributed by atoms with E-state index in [1.165, 1.54) is 24.7 Å². The summed E-state index contributed by atoms with van der Waals surface area (Å²) in [6.45, 7) is 0.688. The SMILES string of the molecule is CNC(=O)NC(=O)COC(=O)c1cc([N+](=O)[O-])ccc1N1CCC(Cc2ccccc2)CC1. The van der Waals surface area contributed by atoms with E-state index in [1.54, 1.807) is 0 Å². The summed E-state index contributed by atoms with van der Waals surface area (Å²) in [6, 6.07) is 13.6. The van der Waals surface area contributed by atoms with E-state index >= 15 is 0 Å². The maximum atomic E-state index is 12.7. The second kappa shape index (κ2) is 11.1. The standard InChI is InChI=1S/C23H26N4O6/c1-24-23(30)25-21(28)15-33-22(29)19-14-18(27(31)32)7-8-20(19)26-11-9-17(10-12-26)13-16-5-3-2-4-6-16/h2-8,14,17H,9-13,15H2,1H3,(H2,24,25,28,30). The van der Waals surface area contributed by atoms with Gasteiger partial charge in [-0.1, -0.05) is 30.3 Å². The molecule has 10 heteroatoms. The van der Waals surface area contributed by atoms with Gasteiger partial charge in [0.2, 0.25) is 0 Å². The van der Waals surface area contributed by atoms with Crippen molar-refractivity contribution < 1.29 is 24.0 Å². The first kappa shape index (κ1) is 23.7. The molecule has 0 radical (unpaired) electrons. The first-order valence-electron chi connectivity index (χ1n) is 10.6. The Morgan fingerprint density at radius 1 is 1.12 bits per heavy atom. The number of imide groups is 1. The lowest BCUT2D eigenvalue weighted by Crippen LogP contribution is -2.40. The van der Waals surface area contributed by atoms with E-state index < -0.39 is 29.4 Å². The van der Waals surface area contributed by atoms with Crippen LogP contribution < -0.4 is 15.5 Å². The van der Waals surface area contributed by atoms with Crippen molar-refractivity contribution in [3.63, 3.8) is 0 Å². The average Bonchev–Trinajstić information content (AvgIpc) is 2.83. The van der Waals surface area contributed by atoms with Gasteiger partial charge in [-0.3, -0.25) is 20.2 Å². The molecule has 1 fully saturated rings. The highest BCUT2D eigenvalue weighted by Gasteiger charge is 2.26. The fraction of sp³-hybridized carbons (Fsp3) is 0.348. The normalized spacial score (nSPS) is 13.8. The quantitative estimate of drug-likeness (QED) is 0.374. The zero-order valence-corrected chi connectivity index (χ0v) is 18.3. The lowest BCUT2D eigenvalue weighted by atomic mass is 9.90. The Bertz CT molecular complexity index is 1020. The second-order valence-corrected chi connectivity index (χ2v) is 7.78. The molecular formula is C23H26N4O6. The number of carbonyl (C=O) groups is 3. The third-order valence-corrected chi connectivity index (χ3v) is 5.55. The molecule has 0 atom stereocenters. The number of nitro benzene ring substituents is 1. The average molecular weight is 454 g/mol. The number of non-ortho nitro benzene ring substituents is 1. The van der Waals surface area contributed by atoms with Crippen LogP contribution in [0.25, 0.3) is 0 Å². The van der Waals surface area contributed by atoms with E-state index in [1.807, 2.05) is 28.4 Å². The minimum absolute atomic E-state index is 0.0125. The summed E-state index contributed by atoms with van der Waals surface area (Å²) in [7, 11) is 1.34. The molecule has 3 amide bonds. The second-order valence-electron chi connectivity index (χ2n) is 7.78. The molecule has 1 aliphatic heterocycles. The number of nitrogens with one attached hydrogen (secondary N) is 2. The molecule has 10 nitrogen and oxygen atoms in total. The molecular weight excluding hydrogens is 428 g/mol. The number of rotatable bonds is 7. The van der Waals surface area contributed by atoms with Crippen LogP contribution in [0.1, 0.15) is 28.8 Å². The Morgan fingerprint density at radius 2 is 1.82 bits per heavy atom.